The predicted molar refractivity (Wildman–Crippen MR) is 89.6 cm³/mol. The first-order valence-corrected chi connectivity index (χ1v) is 7.65. The number of fused-ring (bicyclic) bond motifs is 1. The Morgan fingerprint density at radius 1 is 1.04 bits per heavy atom. The molecule has 0 aliphatic rings. The number of aromatic nitrogens is 1. The highest BCUT2D eigenvalue weighted by molar-refractivity contribution is 5.84. The molecule has 1 heterocycles. The molecule has 4 heteroatoms. The monoisotopic (exact) mass is 313 g/mol. The minimum absolute atomic E-state index is 0.175. The summed E-state index contributed by atoms with van der Waals surface area (Å²) in [5.41, 5.74) is 1.58. The number of hydrogen-bond donors (Lipinski definition) is 0. The van der Waals surface area contributed by atoms with Gasteiger partial charge in [0.25, 0.3) is 0 Å². The number of benzene rings is 2. The number of rotatable bonds is 5. The largest absolute Gasteiger partial charge is 0.493 e. The van der Waals surface area contributed by atoms with Gasteiger partial charge in [-0.15, -0.1) is 0 Å². The third-order valence-electron chi connectivity index (χ3n) is 3.89. The topological polar surface area (TPSA) is 23.4 Å². The summed E-state index contributed by atoms with van der Waals surface area (Å²) in [6.45, 7) is 4.44. The third-order valence-corrected chi connectivity index (χ3v) is 3.89. The number of methoxy groups -OCH3 is 1. The highest BCUT2D eigenvalue weighted by Crippen LogP contribution is 2.30. The zero-order valence-corrected chi connectivity index (χ0v) is 13.5. The highest BCUT2D eigenvalue weighted by atomic mass is 19.1. The van der Waals surface area contributed by atoms with Crippen LogP contribution in [0.3, 0.4) is 0 Å². The summed E-state index contributed by atoms with van der Waals surface area (Å²) >= 11 is 0. The van der Waals surface area contributed by atoms with E-state index in [0.29, 0.717) is 23.6 Å². The molecular formula is C19H20FNO2. The van der Waals surface area contributed by atoms with Crippen LogP contribution in [-0.4, -0.2) is 11.7 Å². The summed E-state index contributed by atoms with van der Waals surface area (Å²) in [6.07, 6.45) is 1.97. The van der Waals surface area contributed by atoms with Crippen molar-refractivity contribution in [2.75, 3.05) is 7.11 Å². The van der Waals surface area contributed by atoms with Gasteiger partial charge in [-0.05, 0) is 32.0 Å². The average molecular weight is 313 g/mol. The Morgan fingerprint density at radius 2 is 1.78 bits per heavy atom. The van der Waals surface area contributed by atoms with Gasteiger partial charge in [0, 0.05) is 23.2 Å². The lowest BCUT2D eigenvalue weighted by molar-refractivity contribution is 0.285. The molecule has 0 radical (unpaired) electrons. The summed E-state index contributed by atoms with van der Waals surface area (Å²) in [4.78, 5) is 0. The molecule has 0 saturated heterocycles. The van der Waals surface area contributed by atoms with Crippen LogP contribution in [-0.2, 0) is 6.61 Å². The fraction of sp³-hybridized carbons (Fsp3) is 0.263. The lowest BCUT2D eigenvalue weighted by atomic mass is 10.2. The molecule has 0 aliphatic carbocycles. The summed E-state index contributed by atoms with van der Waals surface area (Å²) in [7, 11) is 1.61. The van der Waals surface area contributed by atoms with Gasteiger partial charge in [0.2, 0.25) is 0 Å². The molecule has 120 valence electrons. The molecule has 0 bridgehead atoms. The van der Waals surface area contributed by atoms with Gasteiger partial charge in [0.15, 0.2) is 11.5 Å². The van der Waals surface area contributed by atoms with Crippen molar-refractivity contribution >= 4 is 10.9 Å². The van der Waals surface area contributed by atoms with Crippen LogP contribution >= 0.6 is 0 Å². The SMILES string of the molecule is COc1ccccc1OCc1cn(C(C)C)c2c(F)cccc12. The Morgan fingerprint density at radius 3 is 2.48 bits per heavy atom. The molecule has 0 saturated carbocycles. The van der Waals surface area contributed by atoms with Crippen LogP contribution in [0.5, 0.6) is 11.5 Å². The lowest BCUT2D eigenvalue weighted by Crippen LogP contribution is -2.00. The normalized spacial score (nSPS) is 11.2. The van der Waals surface area contributed by atoms with E-state index in [2.05, 4.69) is 0 Å². The number of halogens is 1. The molecule has 23 heavy (non-hydrogen) atoms. The summed E-state index contributed by atoms with van der Waals surface area (Å²) < 4.78 is 27.4. The van der Waals surface area contributed by atoms with Gasteiger partial charge < -0.3 is 14.0 Å². The molecule has 3 aromatic rings. The van der Waals surface area contributed by atoms with E-state index < -0.39 is 0 Å². The Balaban J connectivity index is 1.96. The first kappa shape index (κ1) is 15.4. The molecule has 0 unspecified atom stereocenters. The van der Waals surface area contributed by atoms with Gasteiger partial charge in [0.1, 0.15) is 12.4 Å². The smallest absolute Gasteiger partial charge is 0.161 e. The van der Waals surface area contributed by atoms with Gasteiger partial charge >= 0.3 is 0 Å². The molecule has 0 fully saturated rings. The Hall–Kier alpha value is -2.49. The Bertz CT molecular complexity index is 823. The zero-order valence-electron chi connectivity index (χ0n) is 13.5. The third kappa shape index (κ3) is 2.89. The van der Waals surface area contributed by atoms with Crippen LogP contribution in [0.1, 0.15) is 25.5 Å². The zero-order chi connectivity index (χ0) is 16.4. The molecule has 0 spiro atoms. The summed E-state index contributed by atoms with van der Waals surface area (Å²) in [5, 5.41) is 0.883. The number of hydrogen-bond acceptors (Lipinski definition) is 2. The van der Waals surface area contributed by atoms with Crippen LogP contribution in [0, 0.1) is 5.82 Å². The number of nitrogens with zero attached hydrogens (tertiary/aromatic N) is 1. The average Bonchev–Trinajstić information content (AvgIpc) is 2.93. The second-order valence-electron chi connectivity index (χ2n) is 5.73. The maximum atomic E-state index is 14.2. The lowest BCUT2D eigenvalue weighted by Gasteiger charge is -2.10. The minimum Gasteiger partial charge on any atom is -0.493 e. The first-order valence-electron chi connectivity index (χ1n) is 7.65. The van der Waals surface area contributed by atoms with E-state index >= 15 is 0 Å². The van der Waals surface area contributed by atoms with E-state index in [9.17, 15) is 4.39 Å². The maximum Gasteiger partial charge on any atom is 0.161 e. The van der Waals surface area contributed by atoms with Gasteiger partial charge in [-0.2, -0.15) is 0 Å². The van der Waals surface area contributed by atoms with E-state index in [1.807, 2.05) is 54.9 Å². The van der Waals surface area contributed by atoms with E-state index in [1.165, 1.54) is 6.07 Å². The minimum atomic E-state index is -0.209. The first-order chi connectivity index (χ1) is 11.1. The molecule has 2 aromatic carbocycles. The van der Waals surface area contributed by atoms with Crippen LogP contribution in [0.2, 0.25) is 0 Å². The standard InChI is InChI=1S/C19H20FNO2/c1-13(2)21-11-14(15-7-6-8-16(20)19(15)21)12-23-18-10-5-4-9-17(18)22-3/h4-11,13H,12H2,1-3H3. The van der Waals surface area contributed by atoms with E-state index in [0.717, 1.165) is 10.9 Å². The quantitative estimate of drug-likeness (QED) is 0.665. The second-order valence-corrected chi connectivity index (χ2v) is 5.73. The fourth-order valence-corrected chi connectivity index (χ4v) is 2.75. The van der Waals surface area contributed by atoms with Crippen molar-refractivity contribution in [1.82, 2.24) is 4.57 Å². The van der Waals surface area contributed by atoms with Crippen LogP contribution in [0.25, 0.3) is 10.9 Å². The number of para-hydroxylation sites is 3. The maximum absolute atomic E-state index is 14.2. The van der Waals surface area contributed by atoms with E-state index in [4.69, 9.17) is 9.47 Å². The molecule has 1 aromatic heterocycles. The van der Waals surface area contributed by atoms with E-state index in [1.54, 1.807) is 13.2 Å². The van der Waals surface area contributed by atoms with Gasteiger partial charge in [-0.25, -0.2) is 4.39 Å². The van der Waals surface area contributed by atoms with Crippen molar-refractivity contribution < 1.29 is 13.9 Å². The molecule has 3 rings (SSSR count). The molecule has 0 atom stereocenters. The van der Waals surface area contributed by atoms with Crippen molar-refractivity contribution in [3.05, 3.63) is 60.0 Å². The van der Waals surface area contributed by atoms with Crippen molar-refractivity contribution in [2.45, 2.75) is 26.5 Å². The van der Waals surface area contributed by atoms with Crippen LogP contribution < -0.4 is 9.47 Å². The van der Waals surface area contributed by atoms with Crippen molar-refractivity contribution in [2.24, 2.45) is 0 Å². The number of ether oxygens (including phenoxy) is 2. The summed E-state index contributed by atoms with van der Waals surface area (Å²) in [5.74, 6) is 1.16. The van der Waals surface area contributed by atoms with Gasteiger partial charge in [-0.3, -0.25) is 0 Å². The molecule has 0 amide bonds. The molecule has 0 N–H and O–H groups in total. The van der Waals surface area contributed by atoms with Gasteiger partial charge in [-0.1, -0.05) is 24.3 Å². The molecule has 0 aliphatic heterocycles. The highest BCUT2D eigenvalue weighted by Gasteiger charge is 2.15. The molecular weight excluding hydrogens is 293 g/mol. The Kier molecular flexibility index (Phi) is 4.24. The van der Waals surface area contributed by atoms with Gasteiger partial charge in [0.05, 0.1) is 12.6 Å². The van der Waals surface area contributed by atoms with E-state index in [-0.39, 0.29) is 11.9 Å². The second kappa shape index (κ2) is 6.32. The predicted octanol–water partition coefficient (Wildman–Crippen LogP) is 4.95. The van der Waals surface area contributed by atoms with Crippen LogP contribution in [0.4, 0.5) is 4.39 Å². The van der Waals surface area contributed by atoms with Crippen molar-refractivity contribution in [1.29, 1.82) is 0 Å². The van der Waals surface area contributed by atoms with Crippen molar-refractivity contribution in [3.63, 3.8) is 0 Å². The Labute approximate surface area is 135 Å². The van der Waals surface area contributed by atoms with Crippen molar-refractivity contribution in [3.8, 4) is 11.5 Å². The molecule has 3 nitrogen and oxygen atoms in total. The fourth-order valence-electron chi connectivity index (χ4n) is 2.75. The summed E-state index contributed by atoms with van der Waals surface area (Å²) in [6, 6.07) is 12.8. The van der Waals surface area contributed by atoms with Crippen LogP contribution in [0.15, 0.2) is 48.7 Å².